The summed E-state index contributed by atoms with van der Waals surface area (Å²) in [6.45, 7) is 3.47. The molecular weight excluding hydrogens is 254 g/mol. The lowest BCUT2D eigenvalue weighted by atomic mass is 10.2. The van der Waals surface area contributed by atoms with Crippen LogP contribution >= 0.6 is 0 Å². The van der Waals surface area contributed by atoms with Gasteiger partial charge in [0.1, 0.15) is 11.6 Å². The van der Waals surface area contributed by atoms with E-state index in [1.54, 1.807) is 25.4 Å². The van der Waals surface area contributed by atoms with Crippen LogP contribution in [0.2, 0.25) is 0 Å². The molecule has 0 spiro atoms. The molecular formula is C15H17N3O2. The van der Waals surface area contributed by atoms with Crippen LogP contribution in [-0.2, 0) is 4.79 Å². The van der Waals surface area contributed by atoms with Crippen molar-refractivity contribution in [3.05, 3.63) is 42.1 Å². The second kappa shape index (κ2) is 6.06. The van der Waals surface area contributed by atoms with E-state index in [4.69, 9.17) is 4.74 Å². The monoisotopic (exact) mass is 271 g/mol. The summed E-state index contributed by atoms with van der Waals surface area (Å²) in [5, 5.41) is 5.87. The Hall–Kier alpha value is -2.56. The Kier molecular flexibility index (Phi) is 4.20. The summed E-state index contributed by atoms with van der Waals surface area (Å²) in [7, 11) is 1.63. The predicted octanol–water partition coefficient (Wildman–Crippen LogP) is 3.10. The fourth-order valence-electron chi connectivity index (χ4n) is 1.80. The van der Waals surface area contributed by atoms with Gasteiger partial charge in [-0.25, -0.2) is 4.98 Å². The normalized spacial score (nSPS) is 9.95. The zero-order chi connectivity index (χ0) is 14.5. The first-order valence-corrected chi connectivity index (χ1v) is 6.24. The number of nitrogens with zero attached hydrogens (tertiary/aromatic N) is 1. The van der Waals surface area contributed by atoms with Crippen LogP contribution in [0.5, 0.6) is 5.75 Å². The summed E-state index contributed by atoms with van der Waals surface area (Å²) in [6, 6.07) is 9.47. The van der Waals surface area contributed by atoms with Crippen LogP contribution < -0.4 is 15.4 Å². The van der Waals surface area contributed by atoms with Crippen molar-refractivity contribution in [2.75, 3.05) is 17.7 Å². The first kappa shape index (κ1) is 13.9. The quantitative estimate of drug-likeness (QED) is 0.897. The Balaban J connectivity index is 2.17. The van der Waals surface area contributed by atoms with E-state index in [9.17, 15) is 4.79 Å². The molecule has 0 aliphatic heterocycles. The van der Waals surface area contributed by atoms with Gasteiger partial charge >= 0.3 is 0 Å². The number of benzene rings is 1. The zero-order valence-electron chi connectivity index (χ0n) is 11.7. The highest BCUT2D eigenvalue weighted by atomic mass is 16.5. The summed E-state index contributed by atoms with van der Waals surface area (Å²) in [5.41, 5.74) is 2.65. The number of aromatic nitrogens is 1. The predicted molar refractivity (Wildman–Crippen MR) is 79.6 cm³/mol. The van der Waals surface area contributed by atoms with Gasteiger partial charge in [0.15, 0.2) is 0 Å². The van der Waals surface area contributed by atoms with Gasteiger partial charge in [-0.1, -0.05) is 6.07 Å². The van der Waals surface area contributed by atoms with Gasteiger partial charge in [0.2, 0.25) is 5.91 Å². The molecule has 104 valence electrons. The number of pyridine rings is 1. The van der Waals surface area contributed by atoms with Gasteiger partial charge in [-0.05, 0) is 36.8 Å². The Morgan fingerprint density at radius 1 is 1.25 bits per heavy atom. The number of nitrogens with one attached hydrogen (secondary N) is 2. The van der Waals surface area contributed by atoms with E-state index in [-0.39, 0.29) is 5.91 Å². The van der Waals surface area contributed by atoms with Crippen molar-refractivity contribution in [3.8, 4) is 5.75 Å². The largest absolute Gasteiger partial charge is 0.495 e. The minimum atomic E-state index is -0.118. The topological polar surface area (TPSA) is 63.2 Å². The number of anilines is 3. The fourth-order valence-corrected chi connectivity index (χ4v) is 1.80. The first-order valence-electron chi connectivity index (χ1n) is 6.24. The van der Waals surface area contributed by atoms with Gasteiger partial charge in [0, 0.05) is 6.92 Å². The molecule has 0 radical (unpaired) electrons. The molecule has 2 rings (SSSR count). The second-order valence-corrected chi connectivity index (χ2v) is 4.44. The molecule has 2 N–H and O–H groups in total. The third-order valence-electron chi connectivity index (χ3n) is 2.70. The molecule has 0 aliphatic carbocycles. The highest BCUT2D eigenvalue weighted by molar-refractivity contribution is 5.88. The molecule has 0 unspecified atom stereocenters. The molecule has 5 heteroatoms. The average molecular weight is 271 g/mol. The molecule has 0 atom stereocenters. The lowest BCUT2D eigenvalue weighted by molar-refractivity contribution is -0.114. The minimum Gasteiger partial charge on any atom is -0.495 e. The van der Waals surface area contributed by atoms with E-state index in [0.29, 0.717) is 11.5 Å². The van der Waals surface area contributed by atoms with E-state index in [1.807, 2.05) is 25.1 Å². The van der Waals surface area contributed by atoms with Crippen LogP contribution in [0.25, 0.3) is 0 Å². The third kappa shape index (κ3) is 3.47. The molecule has 1 heterocycles. The van der Waals surface area contributed by atoms with E-state index in [2.05, 4.69) is 15.6 Å². The maximum absolute atomic E-state index is 10.9. The lowest BCUT2D eigenvalue weighted by Crippen LogP contribution is -2.06. The van der Waals surface area contributed by atoms with E-state index in [1.165, 1.54) is 6.92 Å². The number of amides is 1. The van der Waals surface area contributed by atoms with Crippen LogP contribution in [-0.4, -0.2) is 18.0 Å². The van der Waals surface area contributed by atoms with Gasteiger partial charge < -0.3 is 15.4 Å². The van der Waals surface area contributed by atoms with E-state index >= 15 is 0 Å². The summed E-state index contributed by atoms with van der Waals surface area (Å²) >= 11 is 0. The number of hydrogen-bond donors (Lipinski definition) is 2. The SMILES string of the molecule is COc1ccc(C)cc1Nc1ccc(NC(C)=O)cn1. The number of ether oxygens (including phenoxy) is 1. The van der Waals surface area contributed by atoms with Crippen LogP contribution in [0.1, 0.15) is 12.5 Å². The highest BCUT2D eigenvalue weighted by Gasteiger charge is 2.04. The Morgan fingerprint density at radius 2 is 2.05 bits per heavy atom. The molecule has 1 aromatic carbocycles. The highest BCUT2D eigenvalue weighted by Crippen LogP contribution is 2.28. The van der Waals surface area contributed by atoms with Gasteiger partial charge in [0.25, 0.3) is 0 Å². The van der Waals surface area contributed by atoms with Gasteiger partial charge in [-0.2, -0.15) is 0 Å². The molecule has 2 aromatic rings. The third-order valence-corrected chi connectivity index (χ3v) is 2.70. The smallest absolute Gasteiger partial charge is 0.221 e. The van der Waals surface area contributed by atoms with E-state index in [0.717, 1.165) is 17.0 Å². The van der Waals surface area contributed by atoms with Gasteiger partial charge in [-0.3, -0.25) is 4.79 Å². The molecule has 0 saturated carbocycles. The summed E-state index contributed by atoms with van der Waals surface area (Å²) in [5.74, 6) is 1.32. The Bertz CT molecular complexity index is 609. The summed E-state index contributed by atoms with van der Waals surface area (Å²) in [6.07, 6.45) is 1.60. The molecule has 1 amide bonds. The molecule has 0 aliphatic rings. The van der Waals surface area contributed by atoms with Crippen LogP contribution in [0.15, 0.2) is 36.5 Å². The average Bonchev–Trinajstić information content (AvgIpc) is 2.41. The van der Waals surface area contributed by atoms with Crippen molar-refractivity contribution in [2.24, 2.45) is 0 Å². The summed E-state index contributed by atoms with van der Waals surface area (Å²) in [4.78, 5) is 15.2. The van der Waals surface area contributed by atoms with Crippen molar-refractivity contribution in [1.82, 2.24) is 4.98 Å². The number of hydrogen-bond acceptors (Lipinski definition) is 4. The Labute approximate surface area is 118 Å². The van der Waals surface area contributed by atoms with Crippen molar-refractivity contribution < 1.29 is 9.53 Å². The van der Waals surface area contributed by atoms with Crippen molar-refractivity contribution in [2.45, 2.75) is 13.8 Å². The second-order valence-electron chi connectivity index (χ2n) is 4.44. The zero-order valence-corrected chi connectivity index (χ0v) is 11.7. The standard InChI is InChI=1S/C15H17N3O2/c1-10-4-6-14(20-3)13(8-10)18-15-7-5-12(9-16-15)17-11(2)19/h4-9H,1-3H3,(H,16,18)(H,17,19). The molecule has 1 aromatic heterocycles. The van der Waals surface area contributed by atoms with Crippen molar-refractivity contribution in [3.63, 3.8) is 0 Å². The number of rotatable bonds is 4. The molecule has 20 heavy (non-hydrogen) atoms. The van der Waals surface area contributed by atoms with Crippen LogP contribution in [0.4, 0.5) is 17.2 Å². The van der Waals surface area contributed by atoms with Crippen LogP contribution in [0.3, 0.4) is 0 Å². The van der Waals surface area contributed by atoms with Crippen molar-refractivity contribution in [1.29, 1.82) is 0 Å². The Morgan fingerprint density at radius 3 is 2.65 bits per heavy atom. The maximum atomic E-state index is 10.9. The number of aryl methyl sites for hydroxylation is 1. The first-order chi connectivity index (χ1) is 9.58. The van der Waals surface area contributed by atoms with Gasteiger partial charge in [-0.15, -0.1) is 0 Å². The fraction of sp³-hybridized carbons (Fsp3) is 0.200. The molecule has 0 saturated heterocycles. The number of carbonyl (C=O) groups is 1. The lowest BCUT2D eigenvalue weighted by Gasteiger charge is -2.11. The minimum absolute atomic E-state index is 0.118. The van der Waals surface area contributed by atoms with Gasteiger partial charge in [0.05, 0.1) is 24.7 Å². The molecule has 0 fully saturated rings. The van der Waals surface area contributed by atoms with E-state index < -0.39 is 0 Å². The molecule has 0 bridgehead atoms. The van der Waals surface area contributed by atoms with Crippen molar-refractivity contribution >= 4 is 23.1 Å². The molecule has 5 nitrogen and oxygen atoms in total. The summed E-state index contributed by atoms with van der Waals surface area (Å²) < 4.78 is 5.30. The number of carbonyl (C=O) groups excluding carboxylic acids is 1. The maximum Gasteiger partial charge on any atom is 0.221 e. The number of methoxy groups -OCH3 is 1. The van der Waals surface area contributed by atoms with Crippen LogP contribution in [0, 0.1) is 6.92 Å².